The Labute approximate surface area is 174 Å². The standard InChI is InChI=1S/C22H20N2O5S/c1-15-11-13-18(14-12-15)30(28,29)23(20-10-6-7-16(2)17(20)3)22(25)19-8-4-5-9-21(19)24(26)27/h4-14H,1-3H3. The maximum Gasteiger partial charge on any atom is 0.282 e. The van der Waals surface area contributed by atoms with Crippen LogP contribution in [-0.2, 0) is 10.0 Å². The molecule has 154 valence electrons. The van der Waals surface area contributed by atoms with Gasteiger partial charge in [0.25, 0.3) is 21.6 Å². The number of sulfonamides is 1. The molecule has 0 spiro atoms. The van der Waals surface area contributed by atoms with Crippen molar-refractivity contribution in [1.82, 2.24) is 0 Å². The zero-order valence-electron chi connectivity index (χ0n) is 16.7. The first kappa shape index (κ1) is 21.2. The van der Waals surface area contributed by atoms with Crippen LogP contribution in [0.3, 0.4) is 0 Å². The molecule has 30 heavy (non-hydrogen) atoms. The second-order valence-electron chi connectivity index (χ2n) is 6.88. The van der Waals surface area contributed by atoms with E-state index in [1.165, 1.54) is 42.5 Å². The number of hydrogen-bond acceptors (Lipinski definition) is 5. The number of aryl methyl sites for hydroxylation is 2. The molecular formula is C22H20N2O5S. The lowest BCUT2D eigenvalue weighted by molar-refractivity contribution is -0.385. The highest BCUT2D eigenvalue weighted by Crippen LogP contribution is 2.32. The number of carbonyl (C=O) groups excluding carboxylic acids is 1. The Kier molecular flexibility index (Phi) is 5.71. The Morgan fingerprint density at radius 3 is 2.17 bits per heavy atom. The molecule has 0 aromatic heterocycles. The molecule has 3 aromatic carbocycles. The minimum Gasteiger partial charge on any atom is -0.267 e. The van der Waals surface area contributed by atoms with Gasteiger partial charge in [0.1, 0.15) is 5.56 Å². The number of nitro benzene ring substituents is 1. The van der Waals surface area contributed by atoms with Gasteiger partial charge in [-0.05, 0) is 56.2 Å². The maximum atomic E-state index is 13.5. The van der Waals surface area contributed by atoms with Gasteiger partial charge in [-0.25, -0.2) is 8.42 Å². The van der Waals surface area contributed by atoms with Crippen molar-refractivity contribution in [2.24, 2.45) is 0 Å². The fourth-order valence-electron chi connectivity index (χ4n) is 3.04. The normalized spacial score (nSPS) is 11.2. The first-order valence-corrected chi connectivity index (χ1v) is 10.5. The lowest BCUT2D eigenvalue weighted by atomic mass is 10.1. The highest BCUT2D eigenvalue weighted by molar-refractivity contribution is 7.93. The van der Waals surface area contributed by atoms with Crippen molar-refractivity contribution >= 4 is 27.3 Å². The molecule has 7 nitrogen and oxygen atoms in total. The first-order valence-electron chi connectivity index (χ1n) is 9.10. The molecule has 0 fully saturated rings. The molecule has 0 aliphatic carbocycles. The molecule has 0 saturated heterocycles. The van der Waals surface area contributed by atoms with E-state index >= 15 is 0 Å². The van der Waals surface area contributed by atoms with Gasteiger partial charge in [0.05, 0.1) is 15.5 Å². The van der Waals surface area contributed by atoms with E-state index < -0.39 is 26.5 Å². The number of amides is 1. The molecule has 0 N–H and O–H groups in total. The van der Waals surface area contributed by atoms with Gasteiger partial charge >= 0.3 is 0 Å². The fourth-order valence-corrected chi connectivity index (χ4v) is 4.51. The van der Waals surface area contributed by atoms with E-state index in [0.29, 0.717) is 9.87 Å². The van der Waals surface area contributed by atoms with Gasteiger partial charge in [0.15, 0.2) is 0 Å². The largest absolute Gasteiger partial charge is 0.282 e. The van der Waals surface area contributed by atoms with Gasteiger partial charge in [0, 0.05) is 6.07 Å². The van der Waals surface area contributed by atoms with Gasteiger partial charge in [-0.1, -0.05) is 42.0 Å². The molecule has 0 saturated carbocycles. The molecule has 0 unspecified atom stereocenters. The predicted molar refractivity (Wildman–Crippen MR) is 114 cm³/mol. The topological polar surface area (TPSA) is 97.6 Å². The van der Waals surface area contributed by atoms with Crippen LogP contribution in [-0.4, -0.2) is 19.2 Å². The van der Waals surface area contributed by atoms with Crippen molar-refractivity contribution in [3.05, 3.63) is 99.1 Å². The molecule has 0 aliphatic heterocycles. The van der Waals surface area contributed by atoms with E-state index in [9.17, 15) is 23.3 Å². The summed E-state index contributed by atoms with van der Waals surface area (Å²) >= 11 is 0. The van der Waals surface area contributed by atoms with E-state index in [4.69, 9.17) is 0 Å². The molecule has 1 amide bonds. The summed E-state index contributed by atoms with van der Waals surface area (Å²) in [5.41, 5.74) is 1.61. The van der Waals surface area contributed by atoms with Crippen LogP contribution >= 0.6 is 0 Å². The van der Waals surface area contributed by atoms with Crippen LogP contribution in [0.1, 0.15) is 27.0 Å². The van der Waals surface area contributed by atoms with Crippen LogP contribution in [0.2, 0.25) is 0 Å². The number of carbonyl (C=O) groups is 1. The maximum absolute atomic E-state index is 13.5. The van der Waals surface area contributed by atoms with Crippen molar-refractivity contribution in [3.8, 4) is 0 Å². The Balaban J connectivity index is 2.29. The van der Waals surface area contributed by atoms with Gasteiger partial charge in [0.2, 0.25) is 0 Å². The summed E-state index contributed by atoms with van der Waals surface area (Å²) < 4.78 is 27.7. The molecule has 0 heterocycles. The molecule has 0 atom stereocenters. The number of para-hydroxylation sites is 1. The lowest BCUT2D eigenvalue weighted by Gasteiger charge is -2.25. The molecule has 3 aromatic rings. The first-order chi connectivity index (χ1) is 14.1. The highest BCUT2D eigenvalue weighted by Gasteiger charge is 2.35. The second kappa shape index (κ2) is 8.08. The second-order valence-corrected chi connectivity index (χ2v) is 8.67. The van der Waals surface area contributed by atoms with Crippen LogP contribution in [0.15, 0.2) is 71.6 Å². The number of benzene rings is 3. The molecule has 0 bridgehead atoms. The Bertz CT molecular complexity index is 1230. The van der Waals surface area contributed by atoms with Crippen molar-refractivity contribution in [1.29, 1.82) is 0 Å². The summed E-state index contributed by atoms with van der Waals surface area (Å²) in [6.45, 7) is 5.32. The van der Waals surface area contributed by atoms with E-state index in [1.54, 1.807) is 38.1 Å². The average Bonchev–Trinajstić information content (AvgIpc) is 2.71. The monoisotopic (exact) mass is 424 g/mol. The summed E-state index contributed by atoms with van der Waals surface area (Å²) in [7, 11) is -4.34. The van der Waals surface area contributed by atoms with E-state index in [1.807, 2.05) is 6.92 Å². The van der Waals surface area contributed by atoms with Crippen LogP contribution in [0.5, 0.6) is 0 Å². The zero-order valence-corrected chi connectivity index (χ0v) is 17.5. The fraction of sp³-hybridized carbons (Fsp3) is 0.136. The molecule has 0 radical (unpaired) electrons. The number of anilines is 1. The number of rotatable bonds is 5. The van der Waals surface area contributed by atoms with E-state index in [0.717, 1.165) is 11.1 Å². The smallest absolute Gasteiger partial charge is 0.267 e. The van der Waals surface area contributed by atoms with Crippen molar-refractivity contribution in [2.75, 3.05) is 4.31 Å². The molecule has 8 heteroatoms. The van der Waals surface area contributed by atoms with Crippen LogP contribution in [0.25, 0.3) is 0 Å². The Hall–Kier alpha value is -3.52. The van der Waals surface area contributed by atoms with Gasteiger partial charge < -0.3 is 0 Å². The summed E-state index contributed by atoms with van der Waals surface area (Å²) in [6, 6.07) is 16.3. The van der Waals surface area contributed by atoms with Crippen molar-refractivity contribution < 1.29 is 18.1 Å². The Morgan fingerprint density at radius 1 is 0.900 bits per heavy atom. The predicted octanol–water partition coefficient (Wildman–Crippen LogP) is 4.56. The summed E-state index contributed by atoms with van der Waals surface area (Å²) in [5, 5.41) is 11.4. The highest BCUT2D eigenvalue weighted by atomic mass is 32.2. The average molecular weight is 424 g/mol. The van der Waals surface area contributed by atoms with Crippen LogP contribution in [0.4, 0.5) is 11.4 Å². The number of hydrogen-bond donors (Lipinski definition) is 0. The minimum absolute atomic E-state index is 0.0825. The third-order valence-corrected chi connectivity index (χ3v) is 6.58. The third kappa shape index (κ3) is 3.81. The van der Waals surface area contributed by atoms with Crippen molar-refractivity contribution in [2.45, 2.75) is 25.7 Å². The number of nitrogens with zero attached hydrogens (tertiary/aromatic N) is 2. The minimum atomic E-state index is -4.34. The summed E-state index contributed by atoms with van der Waals surface area (Å²) in [5.74, 6) is -0.989. The lowest BCUT2D eigenvalue weighted by Crippen LogP contribution is -2.38. The Morgan fingerprint density at radius 2 is 1.53 bits per heavy atom. The quantitative estimate of drug-likeness (QED) is 0.442. The van der Waals surface area contributed by atoms with Crippen LogP contribution in [0, 0.1) is 30.9 Å². The van der Waals surface area contributed by atoms with Gasteiger partial charge in [-0.2, -0.15) is 4.31 Å². The molecular weight excluding hydrogens is 404 g/mol. The van der Waals surface area contributed by atoms with Gasteiger partial charge in [-0.15, -0.1) is 0 Å². The van der Waals surface area contributed by atoms with E-state index in [2.05, 4.69) is 0 Å². The number of nitro groups is 1. The SMILES string of the molecule is Cc1ccc(S(=O)(=O)N(C(=O)c2ccccc2[N+](=O)[O-])c2cccc(C)c2C)cc1. The van der Waals surface area contributed by atoms with E-state index in [-0.39, 0.29) is 16.1 Å². The van der Waals surface area contributed by atoms with Crippen LogP contribution < -0.4 is 4.31 Å². The van der Waals surface area contributed by atoms with Crippen molar-refractivity contribution in [3.63, 3.8) is 0 Å². The summed E-state index contributed by atoms with van der Waals surface area (Å²) in [6.07, 6.45) is 0. The summed E-state index contributed by atoms with van der Waals surface area (Å²) in [4.78, 5) is 24.1. The zero-order chi connectivity index (χ0) is 22.1. The molecule has 3 rings (SSSR count). The van der Waals surface area contributed by atoms with Gasteiger partial charge in [-0.3, -0.25) is 14.9 Å². The molecule has 0 aliphatic rings. The third-order valence-electron chi connectivity index (χ3n) is 4.87.